The molecule has 0 amide bonds. The molecule has 3 rings (SSSR count). The van der Waals surface area contributed by atoms with Gasteiger partial charge in [-0.05, 0) is 54.2 Å². The summed E-state index contributed by atoms with van der Waals surface area (Å²) in [7, 11) is 0. The van der Waals surface area contributed by atoms with Gasteiger partial charge >= 0.3 is 0 Å². The monoisotopic (exact) mass is 360 g/mol. The second kappa shape index (κ2) is 7.42. The quantitative estimate of drug-likeness (QED) is 0.686. The van der Waals surface area contributed by atoms with Crippen LogP contribution in [0.1, 0.15) is 5.56 Å². The number of halogens is 2. The van der Waals surface area contributed by atoms with E-state index >= 15 is 0 Å². The van der Waals surface area contributed by atoms with Gasteiger partial charge in [0.05, 0.1) is 10.7 Å². The molecule has 4 nitrogen and oxygen atoms in total. The first-order chi connectivity index (χ1) is 11.6. The number of nitrogens with one attached hydrogen (secondary N) is 2. The third-order valence-electron chi connectivity index (χ3n) is 3.34. The Hall–Kier alpha value is -2.44. The SMILES string of the molecule is Fc1ccc(NC(=S)NCc2ccc(-n3cccn3)cc2)cc1Cl. The minimum absolute atomic E-state index is 0.0528. The smallest absolute Gasteiger partial charge is 0.171 e. The molecule has 0 atom stereocenters. The molecule has 0 fully saturated rings. The van der Waals surface area contributed by atoms with Crippen LogP contribution in [0.15, 0.2) is 60.9 Å². The molecule has 2 N–H and O–H groups in total. The summed E-state index contributed by atoms with van der Waals surface area (Å²) in [5.41, 5.74) is 2.70. The van der Waals surface area contributed by atoms with Gasteiger partial charge in [0.15, 0.2) is 5.11 Å². The lowest BCUT2D eigenvalue weighted by Crippen LogP contribution is -2.27. The van der Waals surface area contributed by atoms with Gasteiger partial charge in [-0.3, -0.25) is 0 Å². The van der Waals surface area contributed by atoms with E-state index in [9.17, 15) is 4.39 Å². The van der Waals surface area contributed by atoms with Gasteiger partial charge in [0.25, 0.3) is 0 Å². The Morgan fingerprint density at radius 3 is 2.67 bits per heavy atom. The number of aromatic nitrogens is 2. The Balaban J connectivity index is 1.55. The number of hydrogen-bond acceptors (Lipinski definition) is 2. The molecule has 0 aliphatic carbocycles. The van der Waals surface area contributed by atoms with Gasteiger partial charge < -0.3 is 10.6 Å². The van der Waals surface area contributed by atoms with Crippen LogP contribution in [0.25, 0.3) is 5.69 Å². The molecular formula is C17H14ClFN4S. The van der Waals surface area contributed by atoms with E-state index in [4.69, 9.17) is 23.8 Å². The Morgan fingerprint density at radius 2 is 2.00 bits per heavy atom. The van der Waals surface area contributed by atoms with Gasteiger partial charge in [0.1, 0.15) is 5.82 Å². The average molecular weight is 361 g/mol. The van der Waals surface area contributed by atoms with Gasteiger partial charge in [-0.1, -0.05) is 23.7 Å². The number of anilines is 1. The van der Waals surface area contributed by atoms with Gasteiger partial charge in [-0.2, -0.15) is 5.10 Å². The molecule has 0 unspecified atom stereocenters. The van der Waals surface area contributed by atoms with Crippen LogP contribution in [-0.4, -0.2) is 14.9 Å². The van der Waals surface area contributed by atoms with Crippen LogP contribution >= 0.6 is 23.8 Å². The van der Waals surface area contributed by atoms with Crippen LogP contribution in [-0.2, 0) is 6.54 Å². The molecule has 2 aromatic carbocycles. The summed E-state index contributed by atoms with van der Waals surface area (Å²) >= 11 is 11.0. The van der Waals surface area contributed by atoms with Crippen molar-refractivity contribution in [2.75, 3.05) is 5.32 Å². The van der Waals surface area contributed by atoms with Crippen LogP contribution in [0.2, 0.25) is 5.02 Å². The van der Waals surface area contributed by atoms with Crippen molar-refractivity contribution in [3.8, 4) is 5.69 Å². The molecule has 0 saturated carbocycles. The van der Waals surface area contributed by atoms with Crippen molar-refractivity contribution < 1.29 is 4.39 Å². The molecular weight excluding hydrogens is 347 g/mol. The Kier molecular flexibility index (Phi) is 5.08. The summed E-state index contributed by atoms with van der Waals surface area (Å²) in [6.45, 7) is 0.570. The molecule has 7 heteroatoms. The molecule has 3 aromatic rings. The first-order valence-corrected chi connectivity index (χ1v) is 7.99. The molecule has 122 valence electrons. The van der Waals surface area contributed by atoms with E-state index in [-0.39, 0.29) is 5.02 Å². The first-order valence-electron chi connectivity index (χ1n) is 7.21. The standard InChI is InChI=1S/C17H14ClFN4S/c18-15-10-13(4-7-16(15)19)22-17(24)20-11-12-2-5-14(6-3-12)23-9-1-8-21-23/h1-10H,11H2,(H2,20,22,24). The summed E-state index contributed by atoms with van der Waals surface area (Å²) in [6.07, 6.45) is 3.63. The zero-order valence-electron chi connectivity index (χ0n) is 12.5. The average Bonchev–Trinajstić information content (AvgIpc) is 3.11. The predicted octanol–water partition coefficient (Wildman–Crippen LogP) is 4.15. The fourth-order valence-corrected chi connectivity index (χ4v) is 2.49. The Bertz CT molecular complexity index is 834. The normalized spacial score (nSPS) is 10.4. The lowest BCUT2D eigenvalue weighted by Gasteiger charge is -2.11. The third-order valence-corrected chi connectivity index (χ3v) is 3.87. The maximum Gasteiger partial charge on any atom is 0.171 e. The molecule has 0 spiro atoms. The van der Waals surface area contributed by atoms with Gasteiger partial charge in [0, 0.05) is 24.6 Å². The highest BCUT2D eigenvalue weighted by Crippen LogP contribution is 2.19. The summed E-state index contributed by atoms with van der Waals surface area (Å²) in [6, 6.07) is 14.2. The first kappa shape index (κ1) is 16.4. The molecule has 0 aliphatic heterocycles. The third kappa shape index (κ3) is 4.10. The molecule has 0 saturated heterocycles. The molecule has 0 radical (unpaired) electrons. The van der Waals surface area contributed by atoms with E-state index in [0.29, 0.717) is 17.3 Å². The topological polar surface area (TPSA) is 41.9 Å². The minimum atomic E-state index is -0.460. The van der Waals surface area contributed by atoms with Crippen molar-refractivity contribution in [2.24, 2.45) is 0 Å². The summed E-state index contributed by atoms with van der Waals surface area (Å²) < 4.78 is 14.9. The van der Waals surface area contributed by atoms with E-state index in [0.717, 1.165) is 11.3 Å². The highest BCUT2D eigenvalue weighted by molar-refractivity contribution is 7.80. The number of benzene rings is 2. The molecule has 1 heterocycles. The summed E-state index contributed by atoms with van der Waals surface area (Å²) in [5, 5.41) is 10.7. The Labute approximate surface area is 149 Å². The lowest BCUT2D eigenvalue weighted by molar-refractivity contribution is 0.628. The van der Waals surface area contributed by atoms with Crippen LogP contribution in [0.3, 0.4) is 0 Å². The number of nitrogens with zero attached hydrogens (tertiary/aromatic N) is 2. The highest BCUT2D eigenvalue weighted by atomic mass is 35.5. The van der Waals surface area contributed by atoms with Gasteiger partial charge in [-0.15, -0.1) is 0 Å². The predicted molar refractivity (Wildman–Crippen MR) is 98.0 cm³/mol. The largest absolute Gasteiger partial charge is 0.358 e. The van der Waals surface area contributed by atoms with Crippen molar-refractivity contribution in [1.82, 2.24) is 15.1 Å². The van der Waals surface area contributed by atoms with Crippen LogP contribution in [0.5, 0.6) is 0 Å². The van der Waals surface area contributed by atoms with E-state index in [1.807, 2.05) is 36.5 Å². The van der Waals surface area contributed by atoms with Gasteiger partial charge in [0.2, 0.25) is 0 Å². The number of thiocarbonyl (C=S) groups is 1. The van der Waals surface area contributed by atoms with Crippen LogP contribution < -0.4 is 10.6 Å². The van der Waals surface area contributed by atoms with Gasteiger partial charge in [-0.25, -0.2) is 9.07 Å². The van der Waals surface area contributed by atoms with Crippen molar-refractivity contribution in [2.45, 2.75) is 6.54 Å². The number of rotatable bonds is 4. The maximum atomic E-state index is 13.1. The van der Waals surface area contributed by atoms with Crippen LogP contribution in [0.4, 0.5) is 10.1 Å². The van der Waals surface area contributed by atoms with Crippen molar-refractivity contribution in [3.05, 3.63) is 77.3 Å². The molecule has 24 heavy (non-hydrogen) atoms. The highest BCUT2D eigenvalue weighted by Gasteiger charge is 2.03. The second-order valence-electron chi connectivity index (χ2n) is 5.05. The minimum Gasteiger partial charge on any atom is -0.358 e. The zero-order valence-corrected chi connectivity index (χ0v) is 14.1. The molecule has 1 aromatic heterocycles. The lowest BCUT2D eigenvalue weighted by atomic mass is 10.2. The van der Waals surface area contributed by atoms with E-state index in [1.54, 1.807) is 16.9 Å². The number of hydrogen-bond donors (Lipinski definition) is 2. The summed E-state index contributed by atoms with van der Waals surface area (Å²) in [5.74, 6) is -0.460. The van der Waals surface area contributed by atoms with Crippen LogP contribution in [0, 0.1) is 5.82 Å². The molecule has 0 bridgehead atoms. The van der Waals surface area contributed by atoms with E-state index < -0.39 is 5.82 Å². The van der Waals surface area contributed by atoms with Crippen molar-refractivity contribution >= 4 is 34.6 Å². The Morgan fingerprint density at radius 1 is 1.21 bits per heavy atom. The fraction of sp³-hybridized carbons (Fsp3) is 0.0588. The molecule has 0 aliphatic rings. The van der Waals surface area contributed by atoms with E-state index in [1.165, 1.54) is 12.1 Å². The zero-order chi connectivity index (χ0) is 16.9. The van der Waals surface area contributed by atoms with Crippen molar-refractivity contribution in [1.29, 1.82) is 0 Å². The van der Waals surface area contributed by atoms with E-state index in [2.05, 4.69) is 15.7 Å². The summed E-state index contributed by atoms with van der Waals surface area (Å²) in [4.78, 5) is 0. The fourth-order valence-electron chi connectivity index (χ4n) is 2.12. The maximum absolute atomic E-state index is 13.1. The van der Waals surface area contributed by atoms with Crippen molar-refractivity contribution in [3.63, 3.8) is 0 Å². The second-order valence-corrected chi connectivity index (χ2v) is 5.87.